The van der Waals surface area contributed by atoms with E-state index in [1.165, 1.54) is 5.56 Å². The van der Waals surface area contributed by atoms with Gasteiger partial charge < -0.3 is 0 Å². The van der Waals surface area contributed by atoms with E-state index in [2.05, 4.69) is 9.62 Å². The van der Waals surface area contributed by atoms with Gasteiger partial charge in [0.1, 0.15) is 0 Å². The highest BCUT2D eigenvalue weighted by molar-refractivity contribution is 7.88. The quantitative estimate of drug-likeness (QED) is 0.696. The molecular weight excluding hydrogens is 427 g/mol. The predicted octanol–water partition coefficient (Wildman–Crippen LogP) is 4.73. The molecule has 0 bridgehead atoms. The maximum atomic E-state index is 12.5. The number of nitrogens with one attached hydrogen (secondary N) is 1. The second kappa shape index (κ2) is 9.12. The van der Waals surface area contributed by atoms with Gasteiger partial charge in [-0.2, -0.15) is 0 Å². The summed E-state index contributed by atoms with van der Waals surface area (Å²) in [4.78, 5) is 2.33. The van der Waals surface area contributed by atoms with E-state index in [0.717, 1.165) is 37.5 Å². The topological polar surface area (TPSA) is 49.4 Å². The molecule has 2 aromatic carbocycles. The zero-order chi connectivity index (χ0) is 19.4. The van der Waals surface area contributed by atoms with Crippen LogP contribution in [0.15, 0.2) is 42.5 Å². The van der Waals surface area contributed by atoms with Crippen LogP contribution >= 0.6 is 34.8 Å². The third-order valence-corrected chi connectivity index (χ3v) is 6.99. The second-order valence-corrected chi connectivity index (χ2v) is 9.81. The van der Waals surface area contributed by atoms with Gasteiger partial charge in [-0.15, -0.1) is 0 Å². The van der Waals surface area contributed by atoms with Crippen molar-refractivity contribution in [1.29, 1.82) is 0 Å². The number of nitrogens with zero attached hydrogens (tertiary/aromatic N) is 1. The van der Waals surface area contributed by atoms with E-state index in [0.29, 0.717) is 15.6 Å². The van der Waals surface area contributed by atoms with E-state index >= 15 is 0 Å². The summed E-state index contributed by atoms with van der Waals surface area (Å²) >= 11 is 17.8. The highest BCUT2D eigenvalue weighted by atomic mass is 35.5. The van der Waals surface area contributed by atoms with Crippen molar-refractivity contribution in [2.24, 2.45) is 0 Å². The molecular formula is C19H21Cl3N2O2S. The summed E-state index contributed by atoms with van der Waals surface area (Å²) < 4.78 is 27.7. The SMILES string of the molecule is O=S(=O)(Cc1ccc(Cl)c(Cl)c1)NC1CCN(Cc2ccc(Cl)cc2)CC1. The van der Waals surface area contributed by atoms with Crippen LogP contribution in [0.1, 0.15) is 24.0 Å². The van der Waals surface area contributed by atoms with Gasteiger partial charge >= 0.3 is 0 Å². The zero-order valence-corrected chi connectivity index (χ0v) is 17.8. The third kappa shape index (κ3) is 6.34. The van der Waals surface area contributed by atoms with Crippen molar-refractivity contribution in [3.05, 3.63) is 68.7 Å². The molecule has 0 radical (unpaired) electrons. The van der Waals surface area contributed by atoms with E-state index in [1.54, 1.807) is 18.2 Å². The molecule has 1 aliphatic heterocycles. The molecule has 0 atom stereocenters. The molecule has 8 heteroatoms. The molecule has 0 unspecified atom stereocenters. The Kier molecular flexibility index (Phi) is 7.06. The lowest BCUT2D eigenvalue weighted by atomic mass is 10.1. The Morgan fingerprint density at radius 3 is 2.19 bits per heavy atom. The van der Waals surface area contributed by atoms with Crippen LogP contribution in [0, 0.1) is 0 Å². The van der Waals surface area contributed by atoms with Gasteiger partial charge in [-0.1, -0.05) is 53.0 Å². The summed E-state index contributed by atoms with van der Waals surface area (Å²) in [7, 11) is -3.43. The van der Waals surface area contributed by atoms with E-state index in [-0.39, 0.29) is 11.8 Å². The first-order valence-electron chi connectivity index (χ1n) is 8.71. The summed E-state index contributed by atoms with van der Waals surface area (Å²) in [5.74, 6) is -0.102. The molecule has 146 valence electrons. The Morgan fingerprint density at radius 2 is 1.56 bits per heavy atom. The molecule has 0 spiro atoms. The van der Waals surface area contributed by atoms with Crippen molar-refractivity contribution in [3.63, 3.8) is 0 Å². The first-order valence-corrected chi connectivity index (χ1v) is 11.5. The van der Waals surface area contributed by atoms with Crippen molar-refractivity contribution < 1.29 is 8.42 Å². The number of rotatable bonds is 6. The minimum Gasteiger partial charge on any atom is -0.299 e. The average Bonchev–Trinajstić information content (AvgIpc) is 2.61. The molecule has 1 N–H and O–H groups in total. The summed E-state index contributed by atoms with van der Waals surface area (Å²) in [6, 6.07) is 12.7. The minimum absolute atomic E-state index is 0.0424. The van der Waals surface area contributed by atoms with Crippen molar-refractivity contribution >= 4 is 44.8 Å². The minimum atomic E-state index is -3.43. The average molecular weight is 448 g/mol. The lowest BCUT2D eigenvalue weighted by Crippen LogP contribution is -2.44. The molecule has 0 aromatic heterocycles. The van der Waals surface area contributed by atoms with Gasteiger partial charge in [-0.05, 0) is 48.2 Å². The molecule has 2 aromatic rings. The van der Waals surface area contributed by atoms with Crippen molar-refractivity contribution in [2.45, 2.75) is 31.2 Å². The van der Waals surface area contributed by atoms with Crippen LogP contribution in [-0.4, -0.2) is 32.4 Å². The van der Waals surface area contributed by atoms with Crippen LogP contribution < -0.4 is 4.72 Å². The number of piperidine rings is 1. The number of benzene rings is 2. The molecule has 1 fully saturated rings. The summed E-state index contributed by atoms with van der Waals surface area (Å²) in [6.45, 7) is 2.55. The van der Waals surface area contributed by atoms with E-state index in [9.17, 15) is 8.42 Å². The Labute approximate surface area is 175 Å². The summed E-state index contributed by atoms with van der Waals surface area (Å²) in [5.41, 5.74) is 1.83. The van der Waals surface area contributed by atoms with E-state index in [4.69, 9.17) is 34.8 Å². The van der Waals surface area contributed by atoms with Crippen molar-refractivity contribution in [1.82, 2.24) is 9.62 Å². The number of hydrogen-bond acceptors (Lipinski definition) is 3. The van der Waals surface area contributed by atoms with Crippen LogP contribution in [0.4, 0.5) is 0 Å². The molecule has 1 heterocycles. The zero-order valence-electron chi connectivity index (χ0n) is 14.7. The van der Waals surface area contributed by atoms with Gasteiger partial charge in [0.05, 0.1) is 15.8 Å². The third-order valence-electron chi connectivity index (χ3n) is 4.59. The lowest BCUT2D eigenvalue weighted by molar-refractivity contribution is 0.200. The second-order valence-electron chi connectivity index (χ2n) is 6.80. The maximum Gasteiger partial charge on any atom is 0.216 e. The molecule has 0 aliphatic carbocycles. The van der Waals surface area contributed by atoms with Crippen LogP contribution in [0.25, 0.3) is 0 Å². The van der Waals surface area contributed by atoms with Gasteiger partial charge in [-0.25, -0.2) is 13.1 Å². The van der Waals surface area contributed by atoms with Crippen LogP contribution in [0.5, 0.6) is 0 Å². The predicted molar refractivity (Wildman–Crippen MR) is 112 cm³/mol. The maximum absolute atomic E-state index is 12.5. The normalized spacial score (nSPS) is 16.6. The summed E-state index contributed by atoms with van der Waals surface area (Å²) in [5, 5.41) is 1.51. The van der Waals surface area contributed by atoms with E-state index < -0.39 is 10.0 Å². The highest BCUT2D eigenvalue weighted by Gasteiger charge is 2.24. The Hall–Kier alpha value is -0.820. The molecule has 0 amide bonds. The fraction of sp³-hybridized carbons (Fsp3) is 0.368. The smallest absolute Gasteiger partial charge is 0.216 e. The van der Waals surface area contributed by atoms with E-state index in [1.807, 2.05) is 24.3 Å². The molecule has 1 saturated heterocycles. The molecule has 27 heavy (non-hydrogen) atoms. The first-order chi connectivity index (χ1) is 12.8. The molecule has 3 rings (SSSR count). The number of likely N-dealkylation sites (tertiary alicyclic amines) is 1. The van der Waals surface area contributed by atoms with Crippen LogP contribution in [-0.2, 0) is 22.3 Å². The molecule has 1 aliphatic rings. The number of hydrogen-bond donors (Lipinski definition) is 1. The summed E-state index contributed by atoms with van der Waals surface area (Å²) in [6.07, 6.45) is 1.57. The Bertz CT molecular complexity index is 880. The van der Waals surface area contributed by atoms with Gasteiger partial charge in [0, 0.05) is 30.7 Å². The van der Waals surface area contributed by atoms with Gasteiger partial charge in [0.15, 0.2) is 0 Å². The van der Waals surface area contributed by atoms with Crippen LogP contribution in [0.3, 0.4) is 0 Å². The monoisotopic (exact) mass is 446 g/mol. The Balaban J connectivity index is 1.50. The molecule has 0 saturated carbocycles. The standard InChI is InChI=1S/C19H21Cl3N2O2S/c20-16-4-1-14(2-5-16)12-24-9-7-17(8-10-24)23-27(25,26)13-15-3-6-18(21)19(22)11-15/h1-6,11,17,23H,7-10,12-13H2. The number of sulfonamides is 1. The van der Waals surface area contributed by atoms with Crippen molar-refractivity contribution in [2.75, 3.05) is 13.1 Å². The lowest BCUT2D eigenvalue weighted by Gasteiger charge is -2.32. The fourth-order valence-corrected chi connectivity index (χ4v) is 5.09. The van der Waals surface area contributed by atoms with Crippen molar-refractivity contribution in [3.8, 4) is 0 Å². The molecule has 4 nitrogen and oxygen atoms in total. The number of halogens is 3. The van der Waals surface area contributed by atoms with Gasteiger partial charge in [-0.3, -0.25) is 4.90 Å². The highest BCUT2D eigenvalue weighted by Crippen LogP contribution is 2.24. The van der Waals surface area contributed by atoms with Gasteiger partial charge in [0.25, 0.3) is 0 Å². The Morgan fingerprint density at radius 1 is 0.926 bits per heavy atom. The fourth-order valence-electron chi connectivity index (χ4n) is 3.20. The van der Waals surface area contributed by atoms with Crippen LogP contribution in [0.2, 0.25) is 15.1 Å². The largest absolute Gasteiger partial charge is 0.299 e. The first kappa shape index (κ1) is 20.9. The van der Waals surface area contributed by atoms with Gasteiger partial charge in [0.2, 0.25) is 10.0 Å².